The highest BCUT2D eigenvalue weighted by molar-refractivity contribution is 7.89. The predicted molar refractivity (Wildman–Crippen MR) is 139 cm³/mol. The summed E-state index contributed by atoms with van der Waals surface area (Å²) >= 11 is 0. The maximum absolute atomic E-state index is 13.4. The Morgan fingerprint density at radius 3 is 2.22 bits per heavy atom. The topological polar surface area (TPSA) is 98.7 Å². The van der Waals surface area contributed by atoms with Crippen LogP contribution in [0.25, 0.3) is 0 Å². The van der Waals surface area contributed by atoms with E-state index in [1.54, 1.807) is 19.2 Å². The number of carbonyl (C=O) groups excluding carboxylic acids is 1. The summed E-state index contributed by atoms with van der Waals surface area (Å²) in [6, 6.07) is 20.2. The molecule has 194 valence electrons. The summed E-state index contributed by atoms with van der Waals surface area (Å²) in [6.45, 7) is 0. The van der Waals surface area contributed by atoms with Gasteiger partial charge in [-0.3, -0.25) is 9.69 Å². The van der Waals surface area contributed by atoms with Crippen molar-refractivity contribution in [2.75, 3.05) is 12.4 Å². The van der Waals surface area contributed by atoms with E-state index in [1.165, 1.54) is 41.3 Å². The van der Waals surface area contributed by atoms with Crippen LogP contribution in [0.1, 0.15) is 36.6 Å². The summed E-state index contributed by atoms with van der Waals surface area (Å²) in [5.41, 5.74) is 1.54. The van der Waals surface area contributed by atoms with Crippen LogP contribution in [0.5, 0.6) is 0 Å². The molecule has 3 saturated carbocycles. The number of nitrogens with one attached hydrogen (secondary N) is 2. The van der Waals surface area contributed by atoms with Gasteiger partial charge < -0.3 is 10.4 Å². The Hall–Kier alpha value is -3.11. The van der Waals surface area contributed by atoms with Gasteiger partial charge in [0.15, 0.2) is 0 Å². The van der Waals surface area contributed by atoms with Crippen LogP contribution in [-0.4, -0.2) is 43.0 Å². The first kappa shape index (κ1) is 25.5. The second-order valence-corrected chi connectivity index (χ2v) is 11.9. The Kier molecular flexibility index (Phi) is 6.89. The SMILES string of the molecule is CN(C(O)c1ccc(F)cc1)[C@@H](Cc1ccccc1)C(=O)Nc1ccc(S(=O)(=O)NC23CC(C2)C3)cc1. The van der Waals surface area contributed by atoms with Crippen molar-refractivity contribution in [1.82, 2.24) is 9.62 Å². The molecule has 0 aromatic heterocycles. The summed E-state index contributed by atoms with van der Waals surface area (Å²) in [4.78, 5) is 15.1. The van der Waals surface area contributed by atoms with Gasteiger partial charge in [-0.15, -0.1) is 0 Å². The van der Waals surface area contributed by atoms with E-state index in [2.05, 4.69) is 10.0 Å². The minimum Gasteiger partial charge on any atom is -0.374 e. The fourth-order valence-corrected chi connectivity index (χ4v) is 6.62. The standard InChI is InChI=1S/C28H30FN3O4S/c1-32(27(34)21-7-9-22(29)10-8-21)25(15-19-5-3-2-4-6-19)26(33)30-23-11-13-24(14-12-23)37(35,36)31-28-16-20(17-28)18-28/h2-14,20,25,27,31,34H,15-18H2,1H3,(H,30,33)/t20?,25-,27?,28?/m0/s1. The zero-order valence-corrected chi connectivity index (χ0v) is 21.3. The van der Waals surface area contributed by atoms with Crippen molar-refractivity contribution in [2.45, 2.75) is 48.4 Å². The van der Waals surface area contributed by atoms with Gasteiger partial charge in [0.25, 0.3) is 0 Å². The van der Waals surface area contributed by atoms with E-state index >= 15 is 0 Å². The third-order valence-corrected chi connectivity index (χ3v) is 9.04. The van der Waals surface area contributed by atoms with E-state index in [0.717, 1.165) is 24.8 Å². The molecule has 1 unspecified atom stereocenters. The van der Waals surface area contributed by atoms with Gasteiger partial charge in [0, 0.05) is 11.2 Å². The summed E-state index contributed by atoms with van der Waals surface area (Å²) < 4.78 is 41.8. The Morgan fingerprint density at radius 1 is 1.03 bits per heavy atom. The first-order valence-corrected chi connectivity index (χ1v) is 13.8. The molecular weight excluding hydrogens is 493 g/mol. The van der Waals surface area contributed by atoms with E-state index in [9.17, 15) is 22.7 Å². The molecule has 0 saturated heterocycles. The monoisotopic (exact) mass is 523 g/mol. The molecule has 3 aliphatic carbocycles. The van der Waals surface area contributed by atoms with Crippen molar-refractivity contribution in [3.05, 3.63) is 95.8 Å². The molecule has 9 heteroatoms. The lowest BCUT2D eigenvalue weighted by molar-refractivity contribution is -0.125. The molecule has 37 heavy (non-hydrogen) atoms. The number of aliphatic hydroxyl groups is 1. The molecule has 3 aromatic rings. The fourth-order valence-electron chi connectivity index (χ4n) is 5.19. The first-order valence-electron chi connectivity index (χ1n) is 12.3. The number of likely N-dealkylation sites (N-methyl/N-ethyl adjacent to an activating group) is 1. The van der Waals surface area contributed by atoms with Crippen LogP contribution in [0.3, 0.4) is 0 Å². The number of nitrogens with zero attached hydrogens (tertiary/aromatic N) is 1. The fraction of sp³-hybridized carbons (Fsp3) is 0.321. The molecule has 3 fully saturated rings. The first-order chi connectivity index (χ1) is 17.6. The number of carbonyl (C=O) groups is 1. The van der Waals surface area contributed by atoms with Crippen LogP contribution < -0.4 is 10.0 Å². The van der Waals surface area contributed by atoms with E-state index in [4.69, 9.17) is 0 Å². The molecule has 2 bridgehead atoms. The zero-order valence-electron chi connectivity index (χ0n) is 20.5. The highest BCUT2D eigenvalue weighted by atomic mass is 32.2. The van der Waals surface area contributed by atoms with Crippen LogP contribution in [-0.2, 0) is 21.2 Å². The smallest absolute Gasteiger partial charge is 0.242 e. The molecule has 3 aromatic carbocycles. The van der Waals surface area contributed by atoms with E-state index in [-0.39, 0.29) is 16.3 Å². The van der Waals surface area contributed by atoms with E-state index in [1.807, 2.05) is 30.3 Å². The third kappa shape index (κ3) is 5.45. The molecule has 2 atom stereocenters. The number of sulfonamides is 1. The van der Waals surface area contributed by atoms with Crippen molar-refractivity contribution in [3.8, 4) is 0 Å². The summed E-state index contributed by atoms with van der Waals surface area (Å²) in [5, 5.41) is 13.8. The molecular formula is C28H30FN3O4S. The lowest BCUT2D eigenvalue weighted by atomic mass is 9.50. The Labute approximate surface area is 216 Å². The number of rotatable bonds is 10. The molecule has 0 spiro atoms. The average Bonchev–Trinajstić information content (AvgIpc) is 2.85. The van der Waals surface area contributed by atoms with Crippen molar-refractivity contribution >= 4 is 21.6 Å². The number of halogens is 1. The van der Waals surface area contributed by atoms with Gasteiger partial charge in [-0.25, -0.2) is 17.5 Å². The average molecular weight is 524 g/mol. The highest BCUT2D eigenvalue weighted by Crippen LogP contribution is 2.57. The predicted octanol–water partition coefficient (Wildman–Crippen LogP) is 3.83. The molecule has 1 amide bonds. The second kappa shape index (κ2) is 9.98. The maximum Gasteiger partial charge on any atom is 0.242 e. The minimum absolute atomic E-state index is 0.153. The molecule has 3 N–H and O–H groups in total. The number of hydrogen-bond donors (Lipinski definition) is 3. The van der Waals surface area contributed by atoms with Crippen molar-refractivity contribution < 1.29 is 22.7 Å². The second-order valence-electron chi connectivity index (χ2n) is 10.2. The van der Waals surface area contributed by atoms with E-state index < -0.39 is 28.1 Å². The van der Waals surface area contributed by atoms with E-state index in [0.29, 0.717) is 23.6 Å². The van der Waals surface area contributed by atoms with Gasteiger partial charge in [-0.2, -0.15) is 0 Å². The van der Waals surface area contributed by atoms with Crippen LogP contribution >= 0.6 is 0 Å². The molecule has 0 heterocycles. The molecule has 0 aliphatic heterocycles. The summed E-state index contributed by atoms with van der Waals surface area (Å²) in [5.74, 6) is -0.124. The number of amides is 1. The quantitative estimate of drug-likeness (QED) is 0.351. The van der Waals surface area contributed by atoms with Crippen molar-refractivity contribution in [2.24, 2.45) is 5.92 Å². The lowest BCUT2D eigenvalue weighted by Crippen LogP contribution is -2.67. The molecule has 7 nitrogen and oxygen atoms in total. The van der Waals surface area contributed by atoms with Gasteiger partial charge in [0.1, 0.15) is 12.0 Å². The van der Waals surface area contributed by atoms with Crippen molar-refractivity contribution in [3.63, 3.8) is 0 Å². The number of aliphatic hydroxyl groups excluding tert-OH is 1. The van der Waals surface area contributed by atoms with Crippen LogP contribution in [0.4, 0.5) is 10.1 Å². The molecule has 0 radical (unpaired) electrons. The van der Waals surface area contributed by atoms with Crippen molar-refractivity contribution in [1.29, 1.82) is 0 Å². The minimum atomic E-state index is -3.63. The zero-order chi connectivity index (χ0) is 26.2. The van der Waals surface area contributed by atoms with Crippen LogP contribution in [0.15, 0.2) is 83.8 Å². The molecule has 6 rings (SSSR count). The number of anilines is 1. The van der Waals surface area contributed by atoms with Gasteiger partial charge in [-0.05, 0) is 86.2 Å². The van der Waals surface area contributed by atoms with Crippen LogP contribution in [0, 0.1) is 11.7 Å². The largest absolute Gasteiger partial charge is 0.374 e. The summed E-state index contributed by atoms with van der Waals surface area (Å²) in [6.07, 6.45) is 1.89. The lowest BCUT2D eigenvalue weighted by Gasteiger charge is -2.61. The van der Waals surface area contributed by atoms with Gasteiger partial charge in [0.05, 0.1) is 10.9 Å². The Bertz CT molecular complexity index is 1350. The Morgan fingerprint density at radius 2 is 1.65 bits per heavy atom. The number of benzene rings is 3. The normalized spacial score (nSPS) is 22.0. The van der Waals surface area contributed by atoms with Gasteiger partial charge in [0.2, 0.25) is 15.9 Å². The molecule has 3 aliphatic rings. The third-order valence-electron chi connectivity index (χ3n) is 7.44. The van der Waals surface area contributed by atoms with Gasteiger partial charge in [-0.1, -0.05) is 42.5 Å². The Balaban J connectivity index is 1.31. The highest BCUT2D eigenvalue weighted by Gasteiger charge is 2.58. The maximum atomic E-state index is 13.4. The summed E-state index contributed by atoms with van der Waals surface area (Å²) in [7, 11) is -2.00. The number of hydrogen-bond acceptors (Lipinski definition) is 5. The van der Waals surface area contributed by atoms with Crippen LogP contribution in [0.2, 0.25) is 0 Å². The van der Waals surface area contributed by atoms with Gasteiger partial charge >= 0.3 is 0 Å².